The summed E-state index contributed by atoms with van der Waals surface area (Å²) in [6, 6.07) is 15.7. The zero-order valence-corrected chi connectivity index (χ0v) is 28.5. The van der Waals surface area contributed by atoms with Gasteiger partial charge in [0.1, 0.15) is 24.1 Å². The van der Waals surface area contributed by atoms with Crippen LogP contribution in [0.3, 0.4) is 0 Å². The fraction of sp³-hybridized carbons (Fsp3) is 0.306. The fourth-order valence-corrected chi connectivity index (χ4v) is 6.91. The molecule has 0 bridgehead atoms. The Morgan fingerprint density at radius 2 is 1.71 bits per heavy atom. The molecule has 2 aliphatic rings. The molecule has 250 valence electrons. The van der Waals surface area contributed by atoms with Gasteiger partial charge in [-0.05, 0) is 80.4 Å². The molecule has 0 spiro atoms. The van der Waals surface area contributed by atoms with Gasteiger partial charge in [-0.25, -0.2) is 4.99 Å². The number of methoxy groups -OCH3 is 3. The molecule has 1 atom stereocenters. The maximum absolute atomic E-state index is 14.3. The van der Waals surface area contributed by atoms with E-state index in [0.29, 0.717) is 80.4 Å². The van der Waals surface area contributed by atoms with Gasteiger partial charge in [0.25, 0.3) is 11.5 Å². The third-order valence-corrected chi connectivity index (χ3v) is 9.33. The number of carbonyl (C=O) groups is 1. The van der Waals surface area contributed by atoms with Crippen LogP contribution in [0.15, 0.2) is 75.7 Å². The molecule has 2 aliphatic heterocycles. The first-order chi connectivity index (χ1) is 23.3. The van der Waals surface area contributed by atoms with E-state index in [0.717, 1.165) is 11.1 Å². The van der Waals surface area contributed by atoms with Crippen LogP contribution < -0.4 is 43.3 Å². The Labute approximate surface area is 281 Å². The average molecular weight is 672 g/mol. The van der Waals surface area contributed by atoms with Crippen LogP contribution in [0.1, 0.15) is 43.5 Å². The Bertz CT molecular complexity index is 2080. The summed E-state index contributed by atoms with van der Waals surface area (Å²) < 4.78 is 35.9. The number of hydrogen-bond acceptors (Lipinski definition) is 10. The van der Waals surface area contributed by atoms with E-state index in [-0.39, 0.29) is 18.3 Å². The number of hydrogen-bond donors (Lipinski definition) is 0. The number of thiazole rings is 1. The van der Waals surface area contributed by atoms with E-state index < -0.39 is 6.04 Å². The molecule has 1 amide bonds. The zero-order chi connectivity index (χ0) is 33.9. The molecule has 3 aromatic carbocycles. The lowest BCUT2D eigenvalue weighted by Crippen LogP contribution is -2.43. The van der Waals surface area contributed by atoms with Crippen molar-refractivity contribution >= 4 is 23.3 Å². The molecule has 0 fully saturated rings. The van der Waals surface area contributed by atoms with E-state index in [1.54, 1.807) is 55.9 Å². The molecule has 1 aromatic heterocycles. The first-order valence-electron chi connectivity index (χ1n) is 15.5. The topological polar surface area (TPSA) is 110 Å². The molecule has 4 aromatic rings. The van der Waals surface area contributed by atoms with Crippen LogP contribution in [0.4, 0.5) is 0 Å². The second-order valence-electron chi connectivity index (χ2n) is 11.1. The Kier molecular flexibility index (Phi) is 9.44. The van der Waals surface area contributed by atoms with Gasteiger partial charge in [0, 0.05) is 18.7 Å². The molecular formula is C36H37N3O8S. The Balaban J connectivity index is 1.40. The fourth-order valence-electron chi connectivity index (χ4n) is 5.86. The van der Waals surface area contributed by atoms with Crippen LogP contribution in [0.5, 0.6) is 34.5 Å². The quantitative estimate of drug-likeness (QED) is 0.230. The SMILES string of the molecule is CCN(CC)C(=O)C1=C(C)N=c2s/c(=C/c3ccc(OCc4ccc5c(c4)OCO5)c(OC)c3)c(=O)n2[C@@H]1c1cc(OC)ccc1OC. The molecule has 0 unspecified atom stereocenters. The van der Waals surface area contributed by atoms with Crippen molar-refractivity contribution in [2.24, 2.45) is 4.99 Å². The van der Waals surface area contributed by atoms with Gasteiger partial charge in [-0.1, -0.05) is 23.5 Å². The number of benzene rings is 3. The second-order valence-corrected chi connectivity index (χ2v) is 12.1. The molecule has 0 saturated carbocycles. The lowest BCUT2D eigenvalue weighted by molar-refractivity contribution is -0.127. The number of amides is 1. The lowest BCUT2D eigenvalue weighted by atomic mass is 9.93. The number of nitrogens with zero attached hydrogens (tertiary/aromatic N) is 3. The first-order valence-corrected chi connectivity index (χ1v) is 16.3. The van der Waals surface area contributed by atoms with E-state index in [4.69, 9.17) is 33.4 Å². The van der Waals surface area contributed by atoms with Crippen LogP contribution in [0.2, 0.25) is 0 Å². The molecule has 6 rings (SSSR count). The summed E-state index contributed by atoms with van der Waals surface area (Å²) >= 11 is 1.25. The Hall–Kier alpha value is -5.23. The Morgan fingerprint density at radius 1 is 0.958 bits per heavy atom. The predicted molar refractivity (Wildman–Crippen MR) is 181 cm³/mol. The molecule has 0 aliphatic carbocycles. The highest BCUT2D eigenvalue weighted by Crippen LogP contribution is 2.38. The molecule has 0 radical (unpaired) electrons. The van der Waals surface area contributed by atoms with E-state index in [2.05, 4.69) is 0 Å². The minimum absolute atomic E-state index is 0.188. The summed E-state index contributed by atoms with van der Waals surface area (Å²) in [4.78, 5) is 35.3. The van der Waals surface area contributed by atoms with Gasteiger partial charge in [-0.3, -0.25) is 14.2 Å². The minimum atomic E-state index is -0.789. The standard InChI is InChI=1S/C36H37N3O8S/c1-7-38(8-2)35(41)32-21(3)37-36-39(33(32)25-18-24(42-4)11-14-26(25)43-5)34(40)31(48-36)17-22-9-12-27(29(15-22)44-6)45-19-23-10-13-28-30(16-23)47-20-46-28/h9-18,33H,7-8,19-20H2,1-6H3/b31-17+/t33-/m1/s1. The van der Waals surface area contributed by atoms with Crippen molar-refractivity contribution in [3.05, 3.63) is 102 Å². The van der Waals surface area contributed by atoms with Crippen molar-refractivity contribution in [1.82, 2.24) is 9.47 Å². The number of allylic oxidation sites excluding steroid dienone is 1. The van der Waals surface area contributed by atoms with Gasteiger partial charge in [0.2, 0.25) is 6.79 Å². The average Bonchev–Trinajstić information content (AvgIpc) is 3.70. The normalized spacial score (nSPS) is 15.1. The summed E-state index contributed by atoms with van der Waals surface area (Å²) in [6.07, 6.45) is 1.79. The van der Waals surface area contributed by atoms with Gasteiger partial charge in [-0.2, -0.15) is 0 Å². The molecule has 12 heteroatoms. The minimum Gasteiger partial charge on any atom is -0.497 e. The summed E-state index contributed by atoms with van der Waals surface area (Å²) in [7, 11) is 4.70. The Morgan fingerprint density at radius 3 is 2.44 bits per heavy atom. The van der Waals surface area contributed by atoms with Crippen LogP contribution in [0, 0.1) is 0 Å². The van der Waals surface area contributed by atoms with Crippen LogP contribution in [-0.2, 0) is 11.4 Å². The molecule has 0 N–H and O–H groups in total. The smallest absolute Gasteiger partial charge is 0.271 e. The van der Waals surface area contributed by atoms with E-state index in [1.807, 2.05) is 56.3 Å². The predicted octanol–water partition coefficient (Wildman–Crippen LogP) is 4.44. The summed E-state index contributed by atoms with van der Waals surface area (Å²) in [5, 5.41) is 0. The van der Waals surface area contributed by atoms with Gasteiger partial charge in [0.05, 0.1) is 37.1 Å². The molecular weight excluding hydrogens is 634 g/mol. The van der Waals surface area contributed by atoms with E-state index >= 15 is 0 Å². The van der Waals surface area contributed by atoms with Gasteiger partial charge in [0.15, 0.2) is 27.8 Å². The number of ether oxygens (including phenoxy) is 6. The number of rotatable bonds is 11. The highest BCUT2D eigenvalue weighted by molar-refractivity contribution is 7.07. The number of carbonyl (C=O) groups excluding carboxylic acids is 1. The molecule has 11 nitrogen and oxygen atoms in total. The number of aromatic nitrogens is 1. The van der Waals surface area contributed by atoms with Crippen LogP contribution in [0.25, 0.3) is 6.08 Å². The second kappa shape index (κ2) is 13.9. The zero-order valence-electron chi connectivity index (χ0n) is 27.7. The van der Waals surface area contributed by atoms with Crippen molar-refractivity contribution in [3.63, 3.8) is 0 Å². The first kappa shape index (κ1) is 32.7. The summed E-state index contributed by atoms with van der Waals surface area (Å²) in [5.41, 5.74) is 2.95. The number of fused-ring (bicyclic) bond motifs is 2. The van der Waals surface area contributed by atoms with E-state index in [1.165, 1.54) is 11.3 Å². The van der Waals surface area contributed by atoms with Gasteiger partial charge < -0.3 is 33.3 Å². The van der Waals surface area contributed by atoms with Crippen molar-refractivity contribution < 1.29 is 33.2 Å². The third-order valence-electron chi connectivity index (χ3n) is 8.35. The van der Waals surface area contributed by atoms with Crippen molar-refractivity contribution in [3.8, 4) is 34.5 Å². The maximum Gasteiger partial charge on any atom is 0.271 e. The van der Waals surface area contributed by atoms with Crippen LogP contribution in [-0.4, -0.2) is 56.6 Å². The molecule has 3 heterocycles. The summed E-state index contributed by atoms with van der Waals surface area (Å²) in [6.45, 7) is 7.18. The highest BCUT2D eigenvalue weighted by atomic mass is 32.1. The monoisotopic (exact) mass is 671 g/mol. The third kappa shape index (κ3) is 6.11. The number of likely N-dealkylation sites (N-methyl/N-ethyl adjacent to an activating group) is 1. The lowest BCUT2D eigenvalue weighted by Gasteiger charge is -2.30. The van der Waals surface area contributed by atoms with Gasteiger partial charge >= 0.3 is 0 Å². The van der Waals surface area contributed by atoms with Crippen molar-refractivity contribution in [2.75, 3.05) is 41.2 Å². The highest BCUT2D eigenvalue weighted by Gasteiger charge is 2.36. The molecule has 0 saturated heterocycles. The summed E-state index contributed by atoms with van der Waals surface area (Å²) in [5.74, 6) is 3.37. The van der Waals surface area contributed by atoms with Crippen LogP contribution >= 0.6 is 11.3 Å². The van der Waals surface area contributed by atoms with Crippen molar-refractivity contribution in [2.45, 2.75) is 33.4 Å². The van der Waals surface area contributed by atoms with E-state index in [9.17, 15) is 9.59 Å². The van der Waals surface area contributed by atoms with Gasteiger partial charge in [-0.15, -0.1) is 0 Å². The largest absolute Gasteiger partial charge is 0.497 e. The maximum atomic E-state index is 14.3. The van der Waals surface area contributed by atoms with Crippen molar-refractivity contribution in [1.29, 1.82) is 0 Å². The molecule has 48 heavy (non-hydrogen) atoms.